The minimum Gasteiger partial charge on any atom is -0.247 e. The summed E-state index contributed by atoms with van der Waals surface area (Å²) in [5, 5.41) is 0. The Kier molecular flexibility index (Phi) is 7.16. The van der Waals surface area contributed by atoms with Gasteiger partial charge in [0, 0.05) is 0 Å². The molecule has 0 amide bonds. The van der Waals surface area contributed by atoms with Gasteiger partial charge in [0.1, 0.15) is 12.3 Å². The van der Waals surface area contributed by atoms with Gasteiger partial charge in [-0.05, 0) is 24.7 Å². The van der Waals surface area contributed by atoms with Crippen LogP contribution in [0.4, 0.5) is 17.6 Å². The van der Waals surface area contributed by atoms with Gasteiger partial charge in [-0.25, -0.2) is 17.6 Å². The fraction of sp³-hybridized carbons (Fsp3) is 1.00. The quantitative estimate of drug-likeness (QED) is 0.536. The maximum atomic E-state index is 13.6. The van der Waals surface area contributed by atoms with Crippen molar-refractivity contribution in [3.8, 4) is 0 Å². The number of rotatable bonds is 7. The fourth-order valence-corrected chi connectivity index (χ4v) is 3.22. The van der Waals surface area contributed by atoms with E-state index in [-0.39, 0.29) is 18.8 Å². The molecule has 0 N–H and O–H groups in total. The highest BCUT2D eigenvalue weighted by molar-refractivity contribution is 4.88. The van der Waals surface area contributed by atoms with Gasteiger partial charge in [-0.15, -0.1) is 0 Å². The zero-order valence-corrected chi connectivity index (χ0v) is 11.9. The van der Waals surface area contributed by atoms with Crippen molar-refractivity contribution < 1.29 is 17.6 Å². The molecule has 0 radical (unpaired) electrons. The van der Waals surface area contributed by atoms with E-state index in [4.69, 9.17) is 0 Å². The third kappa shape index (κ3) is 5.31. The van der Waals surface area contributed by atoms with Crippen LogP contribution in [0.3, 0.4) is 0 Å². The largest absolute Gasteiger partial charge is 0.247 e. The Morgan fingerprint density at radius 3 is 2.11 bits per heavy atom. The van der Waals surface area contributed by atoms with E-state index in [1.165, 1.54) is 6.42 Å². The third-order valence-corrected chi connectivity index (χ3v) is 4.33. The first-order valence-electron chi connectivity index (χ1n) is 7.52. The molecule has 1 aliphatic rings. The van der Waals surface area contributed by atoms with Crippen LogP contribution in [0.1, 0.15) is 58.8 Å². The molecule has 3 atom stereocenters. The molecule has 1 rings (SSSR count). The van der Waals surface area contributed by atoms with Crippen molar-refractivity contribution in [3.63, 3.8) is 0 Å². The summed E-state index contributed by atoms with van der Waals surface area (Å²) < 4.78 is 52.2. The summed E-state index contributed by atoms with van der Waals surface area (Å²) >= 11 is 0. The van der Waals surface area contributed by atoms with E-state index in [1.54, 1.807) is 0 Å². The molecule has 1 saturated carbocycles. The number of halogens is 4. The van der Waals surface area contributed by atoms with Gasteiger partial charge in [-0.2, -0.15) is 0 Å². The van der Waals surface area contributed by atoms with Crippen molar-refractivity contribution in [1.82, 2.24) is 0 Å². The summed E-state index contributed by atoms with van der Waals surface area (Å²) in [5.41, 5.74) is 0. The molecule has 0 spiro atoms. The molecule has 4 heteroatoms. The SMILES string of the molecule is CCCC(C)CCCC1CC(F)C(C(F)F)C(F)C1. The predicted octanol–water partition coefficient (Wildman–Crippen LogP) is 5.56. The molecule has 19 heavy (non-hydrogen) atoms. The summed E-state index contributed by atoms with van der Waals surface area (Å²) in [7, 11) is 0. The second kappa shape index (κ2) is 8.11. The Hall–Kier alpha value is -0.280. The minimum absolute atomic E-state index is 0.0613. The van der Waals surface area contributed by atoms with Crippen molar-refractivity contribution in [2.45, 2.75) is 77.6 Å². The van der Waals surface area contributed by atoms with Crippen LogP contribution in [0.25, 0.3) is 0 Å². The summed E-state index contributed by atoms with van der Waals surface area (Å²) in [5.74, 6) is -1.12. The number of hydrogen-bond acceptors (Lipinski definition) is 0. The van der Waals surface area contributed by atoms with Gasteiger partial charge in [0.25, 0.3) is 0 Å². The highest BCUT2D eigenvalue weighted by Crippen LogP contribution is 2.39. The van der Waals surface area contributed by atoms with Gasteiger partial charge in [0.2, 0.25) is 6.43 Å². The Balaban J connectivity index is 2.30. The van der Waals surface area contributed by atoms with Gasteiger partial charge < -0.3 is 0 Å². The van der Waals surface area contributed by atoms with Crippen LogP contribution < -0.4 is 0 Å². The van der Waals surface area contributed by atoms with Gasteiger partial charge in [0.15, 0.2) is 0 Å². The molecule has 0 heterocycles. The van der Waals surface area contributed by atoms with Crippen LogP contribution in [0.5, 0.6) is 0 Å². The summed E-state index contributed by atoms with van der Waals surface area (Å²) in [4.78, 5) is 0. The van der Waals surface area contributed by atoms with Gasteiger partial charge >= 0.3 is 0 Å². The summed E-state index contributed by atoms with van der Waals surface area (Å²) in [6.07, 6.45) is -0.907. The topological polar surface area (TPSA) is 0 Å². The Bertz CT molecular complexity index is 232. The van der Waals surface area contributed by atoms with Gasteiger partial charge in [-0.3, -0.25) is 0 Å². The zero-order chi connectivity index (χ0) is 14.4. The first-order chi connectivity index (χ1) is 8.95. The van der Waals surface area contributed by atoms with Crippen LogP contribution in [-0.4, -0.2) is 18.8 Å². The molecule has 0 saturated heterocycles. The summed E-state index contributed by atoms with van der Waals surface area (Å²) in [6.45, 7) is 4.33. The Morgan fingerprint density at radius 1 is 1.05 bits per heavy atom. The third-order valence-electron chi connectivity index (χ3n) is 4.33. The fourth-order valence-electron chi connectivity index (χ4n) is 3.22. The van der Waals surface area contributed by atoms with E-state index in [1.807, 2.05) is 0 Å². The number of alkyl halides is 4. The average molecular weight is 282 g/mol. The van der Waals surface area contributed by atoms with E-state index in [0.717, 1.165) is 25.7 Å². The maximum absolute atomic E-state index is 13.6. The van der Waals surface area contributed by atoms with Gasteiger partial charge in [0.05, 0.1) is 5.92 Å². The molecule has 3 unspecified atom stereocenters. The lowest BCUT2D eigenvalue weighted by molar-refractivity contribution is -0.0541. The molecule has 1 fully saturated rings. The molecule has 0 aromatic heterocycles. The van der Waals surface area contributed by atoms with Crippen LogP contribution in [-0.2, 0) is 0 Å². The molecule has 0 aromatic rings. The van der Waals surface area contributed by atoms with E-state index in [9.17, 15) is 17.6 Å². The van der Waals surface area contributed by atoms with E-state index < -0.39 is 24.7 Å². The van der Waals surface area contributed by atoms with Crippen molar-refractivity contribution in [2.24, 2.45) is 17.8 Å². The zero-order valence-electron chi connectivity index (χ0n) is 11.9. The van der Waals surface area contributed by atoms with Crippen LogP contribution in [0.15, 0.2) is 0 Å². The van der Waals surface area contributed by atoms with Crippen molar-refractivity contribution in [2.75, 3.05) is 0 Å². The molecule has 114 valence electrons. The standard InChI is InChI=1S/C15H26F4/c1-3-5-10(2)6-4-7-11-8-12(16)14(15(18)19)13(17)9-11/h10-15H,3-9H2,1-2H3. The predicted molar refractivity (Wildman–Crippen MR) is 69.9 cm³/mol. The van der Waals surface area contributed by atoms with Crippen molar-refractivity contribution in [1.29, 1.82) is 0 Å². The second-order valence-electron chi connectivity index (χ2n) is 6.11. The monoisotopic (exact) mass is 282 g/mol. The molecule has 0 bridgehead atoms. The van der Waals surface area contributed by atoms with Crippen LogP contribution in [0, 0.1) is 17.8 Å². The first-order valence-corrected chi connectivity index (χ1v) is 7.52. The van der Waals surface area contributed by atoms with Crippen LogP contribution in [0.2, 0.25) is 0 Å². The smallest absolute Gasteiger partial charge is 0.247 e. The highest BCUT2D eigenvalue weighted by atomic mass is 19.3. The lowest BCUT2D eigenvalue weighted by Crippen LogP contribution is -2.39. The molecular weight excluding hydrogens is 256 g/mol. The molecule has 0 aliphatic heterocycles. The Labute approximate surface area is 114 Å². The number of hydrogen-bond donors (Lipinski definition) is 0. The normalized spacial score (nSPS) is 33.6. The summed E-state index contributed by atoms with van der Waals surface area (Å²) in [6, 6.07) is 0. The lowest BCUT2D eigenvalue weighted by atomic mass is 9.77. The minimum atomic E-state index is -2.88. The Morgan fingerprint density at radius 2 is 1.63 bits per heavy atom. The maximum Gasteiger partial charge on any atom is 0.247 e. The highest BCUT2D eigenvalue weighted by Gasteiger charge is 2.43. The van der Waals surface area contributed by atoms with Crippen LogP contribution >= 0.6 is 0 Å². The van der Waals surface area contributed by atoms with Crippen molar-refractivity contribution in [3.05, 3.63) is 0 Å². The van der Waals surface area contributed by atoms with Gasteiger partial charge in [-0.1, -0.05) is 46.0 Å². The molecular formula is C15H26F4. The average Bonchev–Trinajstić information content (AvgIpc) is 2.27. The van der Waals surface area contributed by atoms with E-state index in [0.29, 0.717) is 5.92 Å². The molecule has 1 aliphatic carbocycles. The van der Waals surface area contributed by atoms with E-state index in [2.05, 4.69) is 13.8 Å². The lowest BCUT2D eigenvalue weighted by Gasteiger charge is -2.34. The molecule has 0 aromatic carbocycles. The van der Waals surface area contributed by atoms with E-state index >= 15 is 0 Å². The second-order valence-corrected chi connectivity index (χ2v) is 6.11. The molecule has 0 nitrogen and oxygen atoms in total. The van der Waals surface area contributed by atoms with Crippen molar-refractivity contribution >= 4 is 0 Å². The first kappa shape index (κ1) is 16.8.